The molecule has 2 aromatic rings. The minimum Gasteiger partial charge on any atom is -0.355 e. The molecule has 1 aromatic carbocycles. The van der Waals surface area contributed by atoms with Crippen molar-refractivity contribution < 1.29 is 4.79 Å². The van der Waals surface area contributed by atoms with Crippen LogP contribution < -0.4 is 5.53 Å². The summed E-state index contributed by atoms with van der Waals surface area (Å²) in [5, 5.41) is 10.2. The fraction of sp³-hybridized carbons (Fsp3) is 0.250. The van der Waals surface area contributed by atoms with Crippen LogP contribution in [0.2, 0.25) is 0 Å². The number of H-pyrrole nitrogens is 1. The first kappa shape index (κ1) is 11.5. The average molecular weight is 258 g/mol. The number of urea groups is 1. The summed E-state index contributed by atoms with van der Waals surface area (Å²) in [4.78, 5) is 16.7. The number of hydrogen-bond acceptors (Lipinski definition) is 4. The molecule has 1 aliphatic heterocycles. The normalized spacial score (nSPS) is 17.8. The Labute approximate surface area is 109 Å². The predicted molar refractivity (Wildman–Crippen MR) is 70.0 cm³/mol. The Morgan fingerprint density at radius 3 is 2.89 bits per heavy atom. The van der Waals surface area contributed by atoms with E-state index in [0.29, 0.717) is 0 Å². The number of carbonyl (C=O) groups excluding carboxylic acids is 1. The fourth-order valence-corrected chi connectivity index (χ4v) is 2.03. The second kappa shape index (κ2) is 4.27. The van der Waals surface area contributed by atoms with E-state index in [1.165, 1.54) is 9.91 Å². The van der Waals surface area contributed by atoms with Crippen LogP contribution in [0.4, 0.5) is 4.79 Å². The highest BCUT2D eigenvalue weighted by atomic mass is 16.2. The van der Waals surface area contributed by atoms with Gasteiger partial charge in [0.05, 0.1) is 5.69 Å². The standard InChI is InChI=1S/C12H14N6O/c1-17(2)12(19)18-11(14-15-16-18)10-7-8-5-3-4-6-9(8)13-10/h3-7,11,13H,1-2H3,(H,14,16). The zero-order valence-electron chi connectivity index (χ0n) is 10.7. The van der Waals surface area contributed by atoms with E-state index in [1.54, 1.807) is 14.1 Å². The lowest BCUT2D eigenvalue weighted by atomic mass is 10.2. The first-order valence-electron chi connectivity index (χ1n) is 5.90. The lowest BCUT2D eigenvalue weighted by molar-refractivity contribution is 0.137. The van der Waals surface area contributed by atoms with E-state index in [0.717, 1.165) is 16.6 Å². The molecule has 3 rings (SSSR count). The van der Waals surface area contributed by atoms with Gasteiger partial charge < -0.3 is 9.88 Å². The number of hydrazine groups is 1. The van der Waals surface area contributed by atoms with Gasteiger partial charge in [0.2, 0.25) is 6.17 Å². The smallest absolute Gasteiger partial charge is 0.341 e. The fourth-order valence-electron chi connectivity index (χ4n) is 2.03. The molecule has 19 heavy (non-hydrogen) atoms. The molecule has 0 saturated carbocycles. The third-order valence-electron chi connectivity index (χ3n) is 2.98. The molecule has 0 radical (unpaired) electrons. The summed E-state index contributed by atoms with van der Waals surface area (Å²) in [5.41, 5.74) is 4.45. The largest absolute Gasteiger partial charge is 0.355 e. The summed E-state index contributed by atoms with van der Waals surface area (Å²) in [6.45, 7) is 0. The Kier molecular flexibility index (Phi) is 2.59. The monoisotopic (exact) mass is 258 g/mol. The molecule has 0 bridgehead atoms. The van der Waals surface area contributed by atoms with Crippen molar-refractivity contribution in [2.24, 2.45) is 10.3 Å². The molecule has 0 spiro atoms. The first-order chi connectivity index (χ1) is 9.16. The number of aromatic amines is 1. The van der Waals surface area contributed by atoms with Crippen LogP contribution in [-0.2, 0) is 0 Å². The number of carbonyl (C=O) groups is 1. The minimum absolute atomic E-state index is 0.200. The van der Waals surface area contributed by atoms with Crippen molar-refractivity contribution in [1.82, 2.24) is 20.4 Å². The van der Waals surface area contributed by atoms with Gasteiger partial charge in [-0.05, 0) is 17.5 Å². The summed E-state index contributed by atoms with van der Waals surface area (Å²) in [7, 11) is 3.37. The number of rotatable bonds is 1. The molecule has 2 amide bonds. The number of para-hydroxylation sites is 1. The van der Waals surface area contributed by atoms with E-state index >= 15 is 0 Å². The Balaban J connectivity index is 1.96. The lowest BCUT2D eigenvalue weighted by Gasteiger charge is -2.23. The number of fused-ring (bicyclic) bond motifs is 1. The molecule has 98 valence electrons. The number of nitrogens with zero attached hydrogens (tertiary/aromatic N) is 4. The van der Waals surface area contributed by atoms with Crippen molar-refractivity contribution in [2.75, 3.05) is 14.1 Å². The van der Waals surface area contributed by atoms with Crippen molar-refractivity contribution in [1.29, 1.82) is 0 Å². The molecule has 7 heteroatoms. The number of nitrogens with one attached hydrogen (secondary N) is 2. The van der Waals surface area contributed by atoms with E-state index in [9.17, 15) is 4.79 Å². The van der Waals surface area contributed by atoms with Crippen molar-refractivity contribution in [3.8, 4) is 0 Å². The molecule has 0 fully saturated rings. The molecule has 2 N–H and O–H groups in total. The predicted octanol–water partition coefficient (Wildman–Crippen LogP) is 2.04. The topological polar surface area (TPSA) is 76.1 Å². The van der Waals surface area contributed by atoms with Crippen LogP contribution in [0.25, 0.3) is 10.9 Å². The molecule has 1 unspecified atom stereocenters. The van der Waals surface area contributed by atoms with Gasteiger partial charge >= 0.3 is 6.03 Å². The van der Waals surface area contributed by atoms with Crippen molar-refractivity contribution in [2.45, 2.75) is 6.17 Å². The van der Waals surface area contributed by atoms with Gasteiger partial charge in [0.15, 0.2) is 0 Å². The SMILES string of the molecule is CN(C)C(=O)N1NN=NC1c1cc2ccccc2[nH]1. The number of aromatic nitrogens is 1. The maximum atomic E-state index is 12.0. The second-order valence-corrected chi connectivity index (χ2v) is 4.55. The first-order valence-corrected chi connectivity index (χ1v) is 5.90. The van der Waals surface area contributed by atoms with Gasteiger partial charge in [0.25, 0.3) is 0 Å². The molecule has 0 saturated heterocycles. The Morgan fingerprint density at radius 2 is 2.16 bits per heavy atom. The maximum absolute atomic E-state index is 12.0. The molecule has 1 atom stereocenters. The van der Waals surface area contributed by atoms with Gasteiger partial charge in [-0.25, -0.2) is 4.79 Å². The number of amides is 2. The maximum Gasteiger partial charge on any atom is 0.341 e. The van der Waals surface area contributed by atoms with Crippen LogP contribution in [0.15, 0.2) is 40.7 Å². The van der Waals surface area contributed by atoms with Crippen molar-refractivity contribution in [3.05, 3.63) is 36.0 Å². The third-order valence-corrected chi connectivity index (χ3v) is 2.98. The van der Waals surface area contributed by atoms with Crippen LogP contribution in [0.1, 0.15) is 11.9 Å². The second-order valence-electron chi connectivity index (χ2n) is 4.55. The van der Waals surface area contributed by atoms with Gasteiger partial charge in [0.1, 0.15) is 0 Å². The lowest BCUT2D eigenvalue weighted by Crippen LogP contribution is -2.44. The zero-order valence-corrected chi connectivity index (χ0v) is 10.7. The molecular formula is C12H14N6O. The van der Waals surface area contributed by atoms with Crippen molar-refractivity contribution >= 4 is 16.9 Å². The summed E-state index contributed by atoms with van der Waals surface area (Å²) < 4.78 is 0. The Hall–Kier alpha value is -2.57. The summed E-state index contributed by atoms with van der Waals surface area (Å²) >= 11 is 0. The van der Waals surface area contributed by atoms with Gasteiger partial charge in [-0.3, -0.25) is 0 Å². The molecule has 1 aliphatic rings. The highest BCUT2D eigenvalue weighted by Gasteiger charge is 2.31. The van der Waals surface area contributed by atoms with Crippen LogP contribution in [0.3, 0.4) is 0 Å². The highest BCUT2D eigenvalue weighted by Crippen LogP contribution is 2.27. The summed E-state index contributed by atoms with van der Waals surface area (Å²) in [5.74, 6) is 0. The van der Waals surface area contributed by atoms with E-state index < -0.39 is 6.17 Å². The Morgan fingerprint density at radius 1 is 1.37 bits per heavy atom. The van der Waals surface area contributed by atoms with E-state index in [1.807, 2.05) is 30.3 Å². The summed E-state index contributed by atoms with van der Waals surface area (Å²) in [6.07, 6.45) is -0.470. The van der Waals surface area contributed by atoms with Crippen LogP contribution in [0.5, 0.6) is 0 Å². The van der Waals surface area contributed by atoms with E-state index in [-0.39, 0.29) is 6.03 Å². The van der Waals surface area contributed by atoms with Crippen LogP contribution in [-0.4, -0.2) is 35.0 Å². The zero-order chi connectivity index (χ0) is 13.4. The summed E-state index contributed by atoms with van der Waals surface area (Å²) in [6, 6.07) is 9.69. The van der Waals surface area contributed by atoms with Crippen LogP contribution in [0, 0.1) is 0 Å². The number of hydrogen-bond donors (Lipinski definition) is 2. The number of benzene rings is 1. The van der Waals surface area contributed by atoms with E-state index in [2.05, 4.69) is 20.9 Å². The van der Waals surface area contributed by atoms with Crippen LogP contribution >= 0.6 is 0 Å². The Bertz CT molecular complexity index is 613. The molecule has 0 aliphatic carbocycles. The molecular weight excluding hydrogens is 244 g/mol. The van der Waals surface area contributed by atoms with Gasteiger partial charge in [-0.1, -0.05) is 23.4 Å². The molecule has 2 heterocycles. The van der Waals surface area contributed by atoms with Crippen molar-refractivity contribution in [3.63, 3.8) is 0 Å². The minimum atomic E-state index is -0.470. The molecule has 1 aromatic heterocycles. The third kappa shape index (κ3) is 1.88. The highest BCUT2D eigenvalue weighted by molar-refractivity contribution is 5.81. The quantitative estimate of drug-likeness (QED) is 0.821. The van der Waals surface area contributed by atoms with E-state index in [4.69, 9.17) is 0 Å². The average Bonchev–Trinajstić information content (AvgIpc) is 3.03. The van der Waals surface area contributed by atoms with Gasteiger partial charge in [-0.2, -0.15) is 10.5 Å². The van der Waals surface area contributed by atoms with Gasteiger partial charge in [0, 0.05) is 19.6 Å². The van der Waals surface area contributed by atoms with Gasteiger partial charge in [-0.15, -0.1) is 5.11 Å². The molecule has 7 nitrogen and oxygen atoms in total.